The lowest BCUT2D eigenvalue weighted by Gasteiger charge is -2.20. The van der Waals surface area contributed by atoms with Crippen LogP contribution in [0.3, 0.4) is 0 Å². The van der Waals surface area contributed by atoms with Crippen molar-refractivity contribution in [3.05, 3.63) is 95.8 Å². The molecule has 1 aromatic heterocycles. The van der Waals surface area contributed by atoms with Crippen molar-refractivity contribution in [3.63, 3.8) is 0 Å². The lowest BCUT2D eigenvalue weighted by atomic mass is 10.1. The first-order valence-electron chi connectivity index (χ1n) is 10.9. The van der Waals surface area contributed by atoms with Gasteiger partial charge in [0.15, 0.2) is 0 Å². The highest BCUT2D eigenvalue weighted by Gasteiger charge is 2.21. The number of carbonyl (C=O) groups excluding carboxylic acids is 2. The summed E-state index contributed by atoms with van der Waals surface area (Å²) in [5.41, 5.74) is 4.58. The predicted molar refractivity (Wildman–Crippen MR) is 132 cm³/mol. The van der Waals surface area contributed by atoms with Crippen molar-refractivity contribution < 1.29 is 19.1 Å². The van der Waals surface area contributed by atoms with Gasteiger partial charge in [-0.3, -0.25) is 10.2 Å². The van der Waals surface area contributed by atoms with Gasteiger partial charge in [-0.1, -0.05) is 60.7 Å². The molecule has 0 bridgehead atoms. The van der Waals surface area contributed by atoms with E-state index in [0.717, 1.165) is 32.6 Å². The quantitative estimate of drug-likeness (QED) is 0.313. The van der Waals surface area contributed by atoms with Crippen molar-refractivity contribution >= 4 is 34.9 Å². The van der Waals surface area contributed by atoms with Crippen molar-refractivity contribution in [2.75, 3.05) is 7.05 Å². The number of carbonyl (C=O) groups is 2. The number of aromatic nitrogens is 2. The van der Waals surface area contributed by atoms with Crippen molar-refractivity contribution in [1.82, 2.24) is 20.2 Å². The number of nitrogens with zero attached hydrogens (tertiary/aromatic N) is 3. The number of guanidine groups is 1. The monoisotopic (exact) mass is 471 g/mol. The normalized spacial score (nSPS) is 11.2. The summed E-state index contributed by atoms with van der Waals surface area (Å²) in [7, 11) is 1.46. The van der Waals surface area contributed by atoms with Crippen LogP contribution in [0.1, 0.15) is 16.7 Å². The van der Waals surface area contributed by atoms with Crippen molar-refractivity contribution in [2.45, 2.75) is 20.1 Å². The fourth-order valence-corrected chi connectivity index (χ4v) is 3.31. The SMILES string of the molecule is Cc1c(N=C(NC(=O)OCc2ccccc2)N(C)C(=O)OCc2ccccc2)ccc2[nH]cnc12. The van der Waals surface area contributed by atoms with Gasteiger partial charge in [-0.05, 0) is 30.2 Å². The zero-order valence-electron chi connectivity index (χ0n) is 19.4. The first kappa shape index (κ1) is 23.5. The third-order valence-electron chi connectivity index (χ3n) is 5.27. The lowest BCUT2D eigenvalue weighted by Crippen LogP contribution is -2.45. The molecular weight excluding hydrogens is 446 g/mol. The predicted octanol–water partition coefficient (Wildman–Crippen LogP) is 5.05. The summed E-state index contributed by atoms with van der Waals surface area (Å²) in [6.07, 6.45) is 0.154. The summed E-state index contributed by atoms with van der Waals surface area (Å²) >= 11 is 0. The molecule has 0 aliphatic heterocycles. The summed E-state index contributed by atoms with van der Waals surface area (Å²) < 4.78 is 10.7. The second-order valence-electron chi connectivity index (χ2n) is 7.73. The maximum atomic E-state index is 12.8. The molecule has 2 amide bonds. The van der Waals surface area contributed by atoms with Crippen molar-refractivity contribution in [3.8, 4) is 0 Å². The molecule has 4 rings (SSSR count). The zero-order chi connectivity index (χ0) is 24.6. The average molecular weight is 472 g/mol. The number of nitrogens with one attached hydrogen (secondary N) is 2. The highest BCUT2D eigenvalue weighted by molar-refractivity contribution is 6.02. The molecule has 3 aromatic carbocycles. The second kappa shape index (κ2) is 11.0. The Morgan fingerprint density at radius 3 is 2.23 bits per heavy atom. The maximum Gasteiger partial charge on any atom is 0.416 e. The maximum absolute atomic E-state index is 12.8. The molecule has 9 heteroatoms. The van der Waals surface area contributed by atoms with Gasteiger partial charge < -0.3 is 14.5 Å². The average Bonchev–Trinajstić information content (AvgIpc) is 3.38. The molecular formula is C26H25N5O4. The Morgan fingerprint density at radius 1 is 0.943 bits per heavy atom. The van der Waals surface area contributed by atoms with Gasteiger partial charge in [0.05, 0.1) is 23.0 Å². The minimum absolute atomic E-state index is 0.0425. The van der Waals surface area contributed by atoms with Crippen LogP contribution in [-0.2, 0) is 22.7 Å². The molecule has 0 unspecified atom stereocenters. The minimum atomic E-state index is -0.756. The number of fused-ring (bicyclic) bond motifs is 1. The van der Waals surface area contributed by atoms with E-state index in [1.165, 1.54) is 7.05 Å². The van der Waals surface area contributed by atoms with Gasteiger partial charge >= 0.3 is 12.2 Å². The highest BCUT2D eigenvalue weighted by Crippen LogP contribution is 2.25. The van der Waals surface area contributed by atoms with Gasteiger partial charge in [0.1, 0.15) is 13.2 Å². The van der Waals surface area contributed by atoms with Crippen LogP contribution in [0.2, 0.25) is 0 Å². The van der Waals surface area contributed by atoms with E-state index in [-0.39, 0.29) is 19.2 Å². The standard InChI is InChI=1S/C26H25N5O4/c1-18-21(13-14-22-23(18)28-17-27-22)29-24(30-25(32)34-15-19-9-5-3-6-10-19)31(2)26(33)35-16-20-11-7-4-8-12-20/h3-14,17H,15-16H2,1-2H3,(H,27,28)(H,29,30,32). The number of aryl methyl sites for hydroxylation is 1. The number of alkyl carbamates (subject to hydrolysis) is 1. The zero-order valence-corrected chi connectivity index (χ0v) is 19.4. The van der Waals surface area contributed by atoms with E-state index in [4.69, 9.17) is 9.47 Å². The Hall–Kier alpha value is -4.66. The van der Waals surface area contributed by atoms with Gasteiger partial charge in [0, 0.05) is 12.6 Å². The Labute approximate surface area is 202 Å². The minimum Gasteiger partial charge on any atom is -0.444 e. The molecule has 0 saturated carbocycles. The number of ether oxygens (including phenoxy) is 2. The fourth-order valence-electron chi connectivity index (χ4n) is 3.31. The van der Waals surface area contributed by atoms with Crippen LogP contribution in [0, 0.1) is 6.92 Å². The van der Waals surface area contributed by atoms with Gasteiger partial charge in [0.25, 0.3) is 0 Å². The van der Waals surface area contributed by atoms with Gasteiger partial charge in [-0.25, -0.2) is 19.6 Å². The fraction of sp³-hybridized carbons (Fsp3) is 0.154. The molecule has 0 atom stereocenters. The number of imidazole rings is 1. The molecule has 35 heavy (non-hydrogen) atoms. The number of hydrogen-bond acceptors (Lipinski definition) is 6. The van der Waals surface area contributed by atoms with Crippen LogP contribution in [0.5, 0.6) is 0 Å². The number of aliphatic imine (C=N–C) groups is 1. The highest BCUT2D eigenvalue weighted by atomic mass is 16.6. The molecule has 0 spiro atoms. The van der Waals surface area contributed by atoms with E-state index in [2.05, 4.69) is 20.3 Å². The van der Waals surface area contributed by atoms with Crippen LogP contribution in [0.25, 0.3) is 11.0 Å². The first-order valence-corrected chi connectivity index (χ1v) is 10.9. The topological polar surface area (TPSA) is 109 Å². The van der Waals surface area contributed by atoms with E-state index >= 15 is 0 Å². The van der Waals surface area contributed by atoms with E-state index < -0.39 is 12.2 Å². The number of hydrogen-bond donors (Lipinski definition) is 2. The smallest absolute Gasteiger partial charge is 0.416 e. The number of aromatic amines is 1. The van der Waals surface area contributed by atoms with Crippen LogP contribution in [0.15, 0.2) is 84.1 Å². The Morgan fingerprint density at radius 2 is 1.57 bits per heavy atom. The van der Waals surface area contributed by atoms with E-state index in [1.54, 1.807) is 12.4 Å². The number of amides is 2. The molecule has 0 aliphatic carbocycles. The van der Waals surface area contributed by atoms with Gasteiger partial charge in [-0.2, -0.15) is 0 Å². The number of benzene rings is 3. The third kappa shape index (κ3) is 6.02. The molecule has 0 saturated heterocycles. The molecule has 2 N–H and O–H groups in total. The Balaban J connectivity index is 1.53. The van der Waals surface area contributed by atoms with Crippen LogP contribution >= 0.6 is 0 Å². The summed E-state index contributed by atoms with van der Waals surface area (Å²) in [6, 6.07) is 22.2. The third-order valence-corrected chi connectivity index (χ3v) is 5.27. The number of H-pyrrole nitrogens is 1. The molecule has 4 aromatic rings. The van der Waals surface area contributed by atoms with Gasteiger partial charge in [0.2, 0.25) is 5.96 Å². The first-order chi connectivity index (χ1) is 17.0. The lowest BCUT2D eigenvalue weighted by molar-refractivity contribution is 0.119. The Bertz CT molecular complexity index is 1340. The largest absolute Gasteiger partial charge is 0.444 e. The molecule has 1 heterocycles. The summed E-state index contributed by atoms with van der Waals surface area (Å²) in [5, 5.41) is 2.57. The van der Waals surface area contributed by atoms with Crippen LogP contribution in [-0.4, -0.2) is 40.1 Å². The molecule has 0 aliphatic rings. The second-order valence-corrected chi connectivity index (χ2v) is 7.73. The van der Waals surface area contributed by atoms with Crippen LogP contribution in [0.4, 0.5) is 15.3 Å². The molecule has 0 radical (unpaired) electrons. The van der Waals surface area contributed by atoms with Crippen LogP contribution < -0.4 is 5.32 Å². The summed E-state index contributed by atoms with van der Waals surface area (Å²) in [6.45, 7) is 2.01. The van der Waals surface area contributed by atoms with Gasteiger partial charge in [-0.15, -0.1) is 0 Å². The van der Waals surface area contributed by atoms with E-state index in [1.807, 2.05) is 73.7 Å². The summed E-state index contributed by atoms with van der Waals surface area (Å²) in [4.78, 5) is 38.4. The van der Waals surface area contributed by atoms with Crippen molar-refractivity contribution in [2.24, 2.45) is 4.99 Å². The van der Waals surface area contributed by atoms with Crippen molar-refractivity contribution in [1.29, 1.82) is 0 Å². The molecule has 178 valence electrons. The molecule has 0 fully saturated rings. The number of rotatable bonds is 5. The molecule has 9 nitrogen and oxygen atoms in total. The summed E-state index contributed by atoms with van der Waals surface area (Å²) in [5.74, 6) is -0.0425. The van der Waals surface area contributed by atoms with E-state index in [0.29, 0.717) is 5.69 Å². The Kier molecular flexibility index (Phi) is 7.37. The van der Waals surface area contributed by atoms with E-state index in [9.17, 15) is 9.59 Å².